The predicted octanol–water partition coefficient (Wildman–Crippen LogP) is 4.01. The van der Waals surface area contributed by atoms with Gasteiger partial charge < -0.3 is 10.2 Å². The van der Waals surface area contributed by atoms with Gasteiger partial charge in [-0.25, -0.2) is 14.8 Å². The molecule has 1 N–H and O–H groups in total. The van der Waals surface area contributed by atoms with E-state index in [-0.39, 0.29) is 17.5 Å². The molecule has 1 saturated heterocycles. The normalized spacial score (nSPS) is 17.6. The molecule has 1 aromatic heterocycles. The van der Waals surface area contributed by atoms with Crippen LogP contribution in [0.3, 0.4) is 0 Å². The van der Waals surface area contributed by atoms with Crippen LogP contribution in [0.4, 0.5) is 10.5 Å². The van der Waals surface area contributed by atoms with Crippen LogP contribution in [0, 0.1) is 0 Å². The third-order valence-electron chi connectivity index (χ3n) is 4.53. The summed E-state index contributed by atoms with van der Waals surface area (Å²) in [6.07, 6.45) is 6.36. The maximum atomic E-state index is 12.7. The summed E-state index contributed by atoms with van der Waals surface area (Å²) < 4.78 is 0. The van der Waals surface area contributed by atoms with Crippen molar-refractivity contribution in [2.45, 2.75) is 51.5 Å². The minimum absolute atomic E-state index is 0.0643. The van der Waals surface area contributed by atoms with E-state index in [1.165, 1.54) is 5.56 Å². The number of nitrogens with one attached hydrogen (secondary N) is 1. The lowest BCUT2D eigenvalue weighted by Gasteiger charge is -2.25. The number of likely N-dealkylation sites (tertiary alicyclic amines) is 1. The summed E-state index contributed by atoms with van der Waals surface area (Å²) in [4.78, 5) is 23.3. The fraction of sp³-hybridized carbons (Fsp3) is 0.450. The molecule has 2 aromatic rings. The van der Waals surface area contributed by atoms with E-state index in [2.05, 4.69) is 48.2 Å². The predicted molar refractivity (Wildman–Crippen MR) is 99.6 cm³/mol. The van der Waals surface area contributed by atoms with Gasteiger partial charge in [0.05, 0.1) is 18.1 Å². The SMILES string of the molecule is CC(C)(C)c1ncc(NC(=O)N2CCC[C@@H]2Cc2ccccc2)cn1. The van der Waals surface area contributed by atoms with Gasteiger partial charge in [-0.3, -0.25) is 0 Å². The number of carbonyl (C=O) groups excluding carboxylic acids is 1. The fourth-order valence-electron chi connectivity index (χ4n) is 3.18. The van der Waals surface area contributed by atoms with Crippen LogP contribution in [0.5, 0.6) is 0 Å². The quantitative estimate of drug-likeness (QED) is 0.920. The minimum Gasteiger partial charge on any atom is -0.321 e. The molecule has 3 rings (SSSR count). The van der Waals surface area contributed by atoms with Crippen molar-refractivity contribution < 1.29 is 4.79 Å². The van der Waals surface area contributed by atoms with Crippen molar-refractivity contribution in [3.8, 4) is 0 Å². The van der Waals surface area contributed by atoms with E-state index in [0.29, 0.717) is 5.69 Å². The molecule has 1 aliphatic heterocycles. The highest BCUT2D eigenvalue weighted by atomic mass is 16.2. The standard InChI is InChI=1S/C20H26N4O/c1-20(2,3)18-21-13-16(14-22-18)23-19(25)24-11-7-10-17(24)12-15-8-5-4-6-9-15/h4-6,8-9,13-14,17H,7,10-12H2,1-3H3,(H,23,25)/t17-/m1/s1. The Bertz CT molecular complexity index is 707. The van der Waals surface area contributed by atoms with E-state index in [1.54, 1.807) is 12.4 Å². The molecule has 5 nitrogen and oxygen atoms in total. The van der Waals surface area contributed by atoms with E-state index >= 15 is 0 Å². The van der Waals surface area contributed by atoms with Gasteiger partial charge in [-0.1, -0.05) is 51.1 Å². The summed E-state index contributed by atoms with van der Waals surface area (Å²) in [5.41, 5.74) is 1.81. The number of nitrogens with zero attached hydrogens (tertiary/aromatic N) is 3. The molecule has 1 fully saturated rings. The third kappa shape index (κ3) is 4.35. The Labute approximate surface area is 149 Å². The summed E-state index contributed by atoms with van der Waals surface area (Å²) >= 11 is 0. The molecular formula is C20H26N4O. The van der Waals surface area contributed by atoms with Gasteiger partial charge in [0, 0.05) is 18.0 Å². The van der Waals surface area contributed by atoms with Gasteiger partial charge >= 0.3 is 6.03 Å². The molecule has 2 heterocycles. The number of rotatable bonds is 3. The van der Waals surface area contributed by atoms with Crippen LogP contribution in [0.1, 0.15) is 45.0 Å². The second-order valence-corrected chi connectivity index (χ2v) is 7.65. The molecule has 0 unspecified atom stereocenters. The Morgan fingerprint density at radius 3 is 2.52 bits per heavy atom. The Hall–Kier alpha value is -2.43. The molecule has 2 amide bonds. The molecule has 0 spiro atoms. The van der Waals surface area contributed by atoms with Gasteiger partial charge in [-0.2, -0.15) is 0 Å². The Morgan fingerprint density at radius 2 is 1.88 bits per heavy atom. The van der Waals surface area contributed by atoms with E-state index < -0.39 is 0 Å². The van der Waals surface area contributed by atoms with Crippen molar-refractivity contribution in [2.75, 3.05) is 11.9 Å². The van der Waals surface area contributed by atoms with Crippen molar-refractivity contribution in [3.63, 3.8) is 0 Å². The first kappa shape index (κ1) is 17.4. The lowest BCUT2D eigenvalue weighted by atomic mass is 9.96. The van der Waals surface area contributed by atoms with Crippen molar-refractivity contribution in [1.82, 2.24) is 14.9 Å². The Balaban J connectivity index is 1.64. The molecule has 1 aliphatic rings. The molecule has 5 heteroatoms. The van der Waals surface area contributed by atoms with Crippen LogP contribution < -0.4 is 5.32 Å². The smallest absolute Gasteiger partial charge is 0.321 e. The van der Waals surface area contributed by atoms with Gasteiger partial charge in [0.2, 0.25) is 0 Å². The topological polar surface area (TPSA) is 58.1 Å². The van der Waals surface area contributed by atoms with Crippen LogP contribution in [-0.4, -0.2) is 33.5 Å². The number of hydrogen-bond acceptors (Lipinski definition) is 3. The van der Waals surface area contributed by atoms with Crippen molar-refractivity contribution in [2.24, 2.45) is 0 Å². The lowest BCUT2D eigenvalue weighted by molar-refractivity contribution is 0.206. The molecule has 132 valence electrons. The average molecular weight is 338 g/mol. The number of aromatic nitrogens is 2. The van der Waals surface area contributed by atoms with Crippen LogP contribution in [0.2, 0.25) is 0 Å². The first-order valence-electron chi connectivity index (χ1n) is 8.87. The zero-order chi connectivity index (χ0) is 17.9. The zero-order valence-corrected chi connectivity index (χ0v) is 15.2. The zero-order valence-electron chi connectivity index (χ0n) is 15.2. The monoisotopic (exact) mass is 338 g/mol. The van der Waals surface area contributed by atoms with Crippen LogP contribution >= 0.6 is 0 Å². The molecule has 0 saturated carbocycles. The molecule has 0 bridgehead atoms. The largest absolute Gasteiger partial charge is 0.322 e. The van der Waals surface area contributed by atoms with E-state index in [9.17, 15) is 4.79 Å². The van der Waals surface area contributed by atoms with Gasteiger partial charge in [0.25, 0.3) is 0 Å². The highest BCUT2D eigenvalue weighted by Crippen LogP contribution is 2.23. The van der Waals surface area contributed by atoms with Crippen LogP contribution in [0.25, 0.3) is 0 Å². The van der Waals surface area contributed by atoms with Crippen molar-refractivity contribution in [3.05, 3.63) is 54.1 Å². The number of amides is 2. The van der Waals surface area contributed by atoms with E-state index in [1.807, 2.05) is 23.1 Å². The molecule has 0 radical (unpaired) electrons. The fourth-order valence-corrected chi connectivity index (χ4v) is 3.18. The maximum Gasteiger partial charge on any atom is 0.322 e. The number of carbonyl (C=O) groups is 1. The van der Waals surface area contributed by atoms with E-state index in [0.717, 1.165) is 31.6 Å². The van der Waals surface area contributed by atoms with Gasteiger partial charge in [0.15, 0.2) is 0 Å². The van der Waals surface area contributed by atoms with Crippen molar-refractivity contribution in [1.29, 1.82) is 0 Å². The minimum atomic E-state index is -0.0989. The first-order valence-corrected chi connectivity index (χ1v) is 8.87. The van der Waals surface area contributed by atoms with Gasteiger partial charge in [0.1, 0.15) is 5.82 Å². The molecule has 0 aliphatic carbocycles. The summed E-state index contributed by atoms with van der Waals surface area (Å²) in [6, 6.07) is 10.5. The lowest BCUT2D eigenvalue weighted by Crippen LogP contribution is -2.39. The Kier molecular flexibility index (Phi) is 5.02. The number of hydrogen-bond donors (Lipinski definition) is 1. The van der Waals surface area contributed by atoms with Crippen LogP contribution in [-0.2, 0) is 11.8 Å². The molecule has 25 heavy (non-hydrogen) atoms. The summed E-state index contributed by atoms with van der Waals surface area (Å²) in [5.74, 6) is 0.772. The van der Waals surface area contributed by atoms with Gasteiger partial charge in [-0.05, 0) is 24.8 Å². The molecular weight excluding hydrogens is 312 g/mol. The summed E-state index contributed by atoms with van der Waals surface area (Å²) in [7, 11) is 0. The molecule has 1 aromatic carbocycles. The Morgan fingerprint density at radius 1 is 1.20 bits per heavy atom. The summed E-state index contributed by atoms with van der Waals surface area (Å²) in [6.45, 7) is 7.00. The number of anilines is 1. The molecule has 1 atom stereocenters. The second-order valence-electron chi connectivity index (χ2n) is 7.65. The van der Waals surface area contributed by atoms with Crippen LogP contribution in [0.15, 0.2) is 42.7 Å². The highest BCUT2D eigenvalue weighted by Gasteiger charge is 2.29. The maximum absolute atomic E-state index is 12.7. The van der Waals surface area contributed by atoms with Gasteiger partial charge in [-0.15, -0.1) is 0 Å². The third-order valence-corrected chi connectivity index (χ3v) is 4.53. The first-order chi connectivity index (χ1) is 11.9. The number of benzene rings is 1. The van der Waals surface area contributed by atoms with E-state index in [4.69, 9.17) is 0 Å². The second kappa shape index (κ2) is 7.21. The summed E-state index contributed by atoms with van der Waals surface area (Å²) in [5, 5.41) is 2.94. The number of urea groups is 1. The van der Waals surface area contributed by atoms with Crippen molar-refractivity contribution >= 4 is 11.7 Å². The average Bonchev–Trinajstić information content (AvgIpc) is 3.04. The highest BCUT2D eigenvalue weighted by molar-refractivity contribution is 5.89.